The Bertz CT molecular complexity index is 340. The standard InChI is InChI=1S/C15H27F3N2O/c1-11-5-8-20(9-13(11)21-2)14(10-19)6-3-12(4-7-14)15(16,17)18/h11-13H,3-10,19H2,1-2H3. The lowest BCUT2D eigenvalue weighted by molar-refractivity contribution is -0.190. The van der Waals surface area contributed by atoms with Crippen LogP contribution in [-0.4, -0.2) is 49.5 Å². The summed E-state index contributed by atoms with van der Waals surface area (Å²) < 4.78 is 44.1. The lowest BCUT2D eigenvalue weighted by Gasteiger charge is -2.51. The third-order valence-corrected chi connectivity index (χ3v) is 5.62. The summed E-state index contributed by atoms with van der Waals surface area (Å²) in [5, 5.41) is 0. The summed E-state index contributed by atoms with van der Waals surface area (Å²) in [6.45, 7) is 4.30. The minimum Gasteiger partial charge on any atom is -0.380 e. The molecule has 0 amide bonds. The molecule has 6 heteroatoms. The van der Waals surface area contributed by atoms with Crippen molar-refractivity contribution >= 4 is 0 Å². The molecule has 1 aliphatic heterocycles. The number of methoxy groups -OCH3 is 1. The van der Waals surface area contributed by atoms with Crippen molar-refractivity contribution in [1.29, 1.82) is 0 Å². The molecule has 0 aromatic rings. The molecule has 1 saturated heterocycles. The van der Waals surface area contributed by atoms with E-state index in [1.165, 1.54) is 0 Å². The molecule has 1 heterocycles. The second kappa shape index (κ2) is 6.42. The van der Waals surface area contributed by atoms with Gasteiger partial charge in [0, 0.05) is 25.7 Å². The minimum atomic E-state index is -4.06. The second-order valence-corrected chi connectivity index (χ2v) is 6.73. The molecule has 0 bridgehead atoms. The molecule has 2 rings (SSSR count). The van der Waals surface area contributed by atoms with Crippen LogP contribution in [0.2, 0.25) is 0 Å². The first-order chi connectivity index (χ1) is 9.82. The van der Waals surface area contributed by atoms with Crippen LogP contribution in [0.1, 0.15) is 39.0 Å². The Morgan fingerprint density at radius 1 is 1.24 bits per heavy atom. The molecule has 124 valence electrons. The van der Waals surface area contributed by atoms with Crippen molar-refractivity contribution in [2.45, 2.75) is 56.8 Å². The normalized spacial score (nSPS) is 39.4. The van der Waals surface area contributed by atoms with E-state index in [2.05, 4.69) is 11.8 Å². The van der Waals surface area contributed by atoms with Gasteiger partial charge in [-0.05, 0) is 44.6 Å². The summed E-state index contributed by atoms with van der Waals surface area (Å²) in [5.74, 6) is -0.660. The van der Waals surface area contributed by atoms with Gasteiger partial charge < -0.3 is 10.5 Å². The lowest BCUT2D eigenvalue weighted by Crippen LogP contribution is -2.61. The van der Waals surface area contributed by atoms with E-state index in [1.807, 2.05) is 0 Å². The third kappa shape index (κ3) is 3.54. The molecular weight excluding hydrogens is 281 g/mol. The highest BCUT2D eigenvalue weighted by molar-refractivity contribution is 4.99. The van der Waals surface area contributed by atoms with E-state index in [0.29, 0.717) is 25.3 Å². The van der Waals surface area contributed by atoms with E-state index >= 15 is 0 Å². The molecule has 2 fully saturated rings. The zero-order chi connectivity index (χ0) is 15.7. The molecule has 2 N–H and O–H groups in total. The van der Waals surface area contributed by atoms with Gasteiger partial charge in [-0.2, -0.15) is 13.2 Å². The van der Waals surface area contributed by atoms with Crippen LogP contribution >= 0.6 is 0 Å². The van der Waals surface area contributed by atoms with Crippen LogP contribution in [0.4, 0.5) is 13.2 Å². The molecule has 0 aromatic carbocycles. The lowest BCUT2D eigenvalue weighted by atomic mass is 9.74. The molecule has 21 heavy (non-hydrogen) atoms. The van der Waals surface area contributed by atoms with Crippen molar-refractivity contribution in [3.8, 4) is 0 Å². The Morgan fingerprint density at radius 2 is 1.86 bits per heavy atom. The smallest absolute Gasteiger partial charge is 0.380 e. The molecule has 1 aliphatic carbocycles. The molecule has 2 aliphatic rings. The van der Waals surface area contributed by atoms with Crippen LogP contribution in [0.15, 0.2) is 0 Å². The predicted octanol–water partition coefficient (Wildman–Crippen LogP) is 2.79. The summed E-state index contributed by atoms with van der Waals surface area (Å²) in [7, 11) is 1.71. The maximum atomic E-state index is 12.8. The van der Waals surface area contributed by atoms with Crippen molar-refractivity contribution in [2.75, 3.05) is 26.7 Å². The van der Waals surface area contributed by atoms with E-state index in [1.54, 1.807) is 7.11 Å². The zero-order valence-electron chi connectivity index (χ0n) is 13.0. The first-order valence-electron chi connectivity index (χ1n) is 7.87. The highest BCUT2D eigenvalue weighted by Crippen LogP contribution is 2.44. The van der Waals surface area contributed by atoms with Crippen LogP contribution in [0.3, 0.4) is 0 Å². The van der Waals surface area contributed by atoms with Crippen molar-refractivity contribution in [3.63, 3.8) is 0 Å². The molecule has 2 unspecified atom stereocenters. The largest absolute Gasteiger partial charge is 0.391 e. The van der Waals surface area contributed by atoms with Crippen LogP contribution in [-0.2, 0) is 4.74 Å². The number of alkyl halides is 3. The zero-order valence-corrected chi connectivity index (χ0v) is 13.0. The number of ether oxygens (including phenoxy) is 1. The van der Waals surface area contributed by atoms with Gasteiger partial charge >= 0.3 is 6.18 Å². The number of halogens is 3. The van der Waals surface area contributed by atoms with E-state index in [-0.39, 0.29) is 24.5 Å². The van der Waals surface area contributed by atoms with Gasteiger partial charge in [-0.3, -0.25) is 4.90 Å². The van der Waals surface area contributed by atoms with Gasteiger partial charge in [0.15, 0.2) is 0 Å². The van der Waals surface area contributed by atoms with Gasteiger partial charge in [-0.25, -0.2) is 0 Å². The fourth-order valence-electron chi connectivity index (χ4n) is 3.90. The number of likely N-dealkylation sites (tertiary alicyclic amines) is 1. The van der Waals surface area contributed by atoms with Crippen LogP contribution in [0, 0.1) is 11.8 Å². The van der Waals surface area contributed by atoms with Gasteiger partial charge in [0.1, 0.15) is 0 Å². The van der Waals surface area contributed by atoms with Crippen molar-refractivity contribution in [3.05, 3.63) is 0 Å². The maximum absolute atomic E-state index is 12.8. The molecule has 0 aromatic heterocycles. The van der Waals surface area contributed by atoms with Gasteiger partial charge in [-0.1, -0.05) is 6.92 Å². The van der Waals surface area contributed by atoms with Crippen molar-refractivity contribution < 1.29 is 17.9 Å². The topological polar surface area (TPSA) is 38.5 Å². The van der Waals surface area contributed by atoms with E-state index < -0.39 is 12.1 Å². The Hall–Kier alpha value is -0.330. The fraction of sp³-hybridized carbons (Fsp3) is 1.00. The highest BCUT2D eigenvalue weighted by atomic mass is 19.4. The Morgan fingerprint density at radius 3 is 2.33 bits per heavy atom. The Kier molecular flexibility index (Phi) is 5.21. The predicted molar refractivity (Wildman–Crippen MR) is 75.9 cm³/mol. The first-order valence-corrected chi connectivity index (χ1v) is 7.87. The van der Waals surface area contributed by atoms with Crippen molar-refractivity contribution in [1.82, 2.24) is 4.90 Å². The average Bonchev–Trinajstić information content (AvgIpc) is 2.46. The van der Waals surface area contributed by atoms with Crippen LogP contribution in [0.25, 0.3) is 0 Å². The quantitative estimate of drug-likeness (QED) is 0.871. The van der Waals surface area contributed by atoms with Crippen LogP contribution < -0.4 is 5.73 Å². The van der Waals surface area contributed by atoms with E-state index in [4.69, 9.17) is 10.5 Å². The van der Waals surface area contributed by atoms with E-state index in [0.717, 1.165) is 19.5 Å². The highest BCUT2D eigenvalue weighted by Gasteiger charge is 2.48. The van der Waals surface area contributed by atoms with Crippen LogP contribution in [0.5, 0.6) is 0 Å². The van der Waals surface area contributed by atoms with Gasteiger partial charge in [0.05, 0.1) is 12.0 Å². The fourth-order valence-corrected chi connectivity index (χ4v) is 3.90. The first kappa shape index (κ1) is 17.0. The van der Waals surface area contributed by atoms with Gasteiger partial charge in [0.25, 0.3) is 0 Å². The summed E-state index contributed by atoms with van der Waals surface area (Å²) in [4.78, 5) is 2.30. The maximum Gasteiger partial charge on any atom is 0.391 e. The molecule has 0 spiro atoms. The van der Waals surface area contributed by atoms with Crippen molar-refractivity contribution in [2.24, 2.45) is 17.6 Å². The number of nitrogens with zero attached hydrogens (tertiary/aromatic N) is 1. The summed E-state index contributed by atoms with van der Waals surface area (Å²) in [5.41, 5.74) is 5.72. The number of rotatable bonds is 3. The summed E-state index contributed by atoms with van der Waals surface area (Å²) >= 11 is 0. The second-order valence-electron chi connectivity index (χ2n) is 6.73. The third-order valence-electron chi connectivity index (χ3n) is 5.62. The molecule has 3 nitrogen and oxygen atoms in total. The molecule has 1 saturated carbocycles. The Labute approximate surface area is 125 Å². The SMILES string of the molecule is COC1CN(C2(CN)CCC(C(F)(F)F)CC2)CCC1C. The molecule has 0 radical (unpaired) electrons. The monoisotopic (exact) mass is 308 g/mol. The van der Waals surface area contributed by atoms with Gasteiger partial charge in [-0.15, -0.1) is 0 Å². The Balaban J connectivity index is 2.03. The van der Waals surface area contributed by atoms with Gasteiger partial charge in [0.2, 0.25) is 0 Å². The number of nitrogens with two attached hydrogens (primary N) is 1. The molecular formula is C15H27F3N2O. The average molecular weight is 308 g/mol. The molecule has 2 atom stereocenters. The number of hydrogen-bond donors (Lipinski definition) is 1. The van der Waals surface area contributed by atoms with E-state index in [9.17, 15) is 13.2 Å². The number of hydrogen-bond acceptors (Lipinski definition) is 3. The number of piperidine rings is 1. The summed E-state index contributed by atoms with van der Waals surface area (Å²) in [6, 6.07) is 0. The minimum absolute atomic E-state index is 0.155. The summed E-state index contributed by atoms with van der Waals surface area (Å²) in [6.07, 6.45) is -1.41.